The monoisotopic (exact) mass is 459 g/mol. The standard InChI is InChI=1S/C23H33N5O5/c1-14(2)12-27(4)23(31)32-13-19-22(25-26-28(19)5)18-8-9-20(15(3)24-18)33-17-7-6-16(10-17)11-21(29)30/h8-9,14,16-17H,6-7,10-13H2,1-5H3,(H,29,30)/t16-,17-/m0/s1. The number of aryl methyl sites for hydroxylation is 2. The van der Waals surface area contributed by atoms with Crippen LogP contribution in [0.15, 0.2) is 12.1 Å². The number of amides is 1. The van der Waals surface area contributed by atoms with Gasteiger partial charge in [0.05, 0.1) is 17.5 Å². The normalized spacial score (nSPS) is 17.9. The number of hydrogen-bond donors (Lipinski definition) is 1. The molecule has 1 saturated carbocycles. The Labute approximate surface area is 193 Å². The summed E-state index contributed by atoms with van der Waals surface area (Å²) in [6.45, 7) is 6.58. The Kier molecular flexibility index (Phi) is 7.88. The van der Waals surface area contributed by atoms with Gasteiger partial charge in [0.1, 0.15) is 23.7 Å². The molecule has 0 aliphatic heterocycles. The van der Waals surface area contributed by atoms with Gasteiger partial charge < -0.3 is 19.5 Å². The molecular formula is C23H33N5O5. The Morgan fingerprint density at radius 3 is 2.73 bits per heavy atom. The van der Waals surface area contributed by atoms with E-state index in [4.69, 9.17) is 14.6 Å². The van der Waals surface area contributed by atoms with Crippen molar-refractivity contribution in [2.24, 2.45) is 18.9 Å². The molecule has 33 heavy (non-hydrogen) atoms. The van der Waals surface area contributed by atoms with Crippen LogP contribution in [-0.4, -0.2) is 61.7 Å². The van der Waals surface area contributed by atoms with Gasteiger partial charge in [0.25, 0.3) is 0 Å². The molecule has 1 N–H and O–H groups in total. The summed E-state index contributed by atoms with van der Waals surface area (Å²) in [4.78, 5) is 29.4. The summed E-state index contributed by atoms with van der Waals surface area (Å²) in [6.07, 6.45) is 2.21. The van der Waals surface area contributed by atoms with Gasteiger partial charge in [-0.1, -0.05) is 19.1 Å². The predicted octanol–water partition coefficient (Wildman–Crippen LogP) is 3.43. The van der Waals surface area contributed by atoms with E-state index in [1.807, 2.05) is 32.9 Å². The van der Waals surface area contributed by atoms with E-state index in [1.54, 1.807) is 23.7 Å². The van der Waals surface area contributed by atoms with Crippen LogP contribution in [0.2, 0.25) is 0 Å². The van der Waals surface area contributed by atoms with Crippen LogP contribution in [0.4, 0.5) is 4.79 Å². The number of pyridine rings is 1. The highest BCUT2D eigenvalue weighted by Crippen LogP contribution is 2.33. The maximum atomic E-state index is 12.3. The van der Waals surface area contributed by atoms with Crippen LogP contribution in [0.1, 0.15) is 50.9 Å². The highest BCUT2D eigenvalue weighted by molar-refractivity contribution is 5.68. The van der Waals surface area contributed by atoms with Crippen LogP contribution >= 0.6 is 0 Å². The Balaban J connectivity index is 1.66. The largest absolute Gasteiger partial charge is 0.489 e. The second-order valence-corrected chi connectivity index (χ2v) is 9.13. The number of carboxylic acids is 1. The third-order valence-electron chi connectivity index (χ3n) is 5.76. The molecule has 3 rings (SSSR count). The van der Waals surface area contributed by atoms with E-state index < -0.39 is 12.1 Å². The molecule has 180 valence electrons. The Bertz CT molecular complexity index is 990. The third-order valence-corrected chi connectivity index (χ3v) is 5.76. The molecule has 0 radical (unpaired) electrons. The maximum absolute atomic E-state index is 12.3. The molecule has 1 aliphatic carbocycles. The van der Waals surface area contributed by atoms with Crippen LogP contribution in [0.5, 0.6) is 5.75 Å². The zero-order chi connectivity index (χ0) is 24.1. The summed E-state index contributed by atoms with van der Waals surface area (Å²) < 4.78 is 13.2. The molecule has 1 aliphatic rings. The van der Waals surface area contributed by atoms with E-state index in [2.05, 4.69) is 15.3 Å². The molecule has 0 aromatic carbocycles. The van der Waals surface area contributed by atoms with E-state index in [0.29, 0.717) is 41.0 Å². The van der Waals surface area contributed by atoms with Crippen molar-refractivity contribution < 1.29 is 24.2 Å². The first kappa shape index (κ1) is 24.5. The van der Waals surface area contributed by atoms with Gasteiger partial charge >= 0.3 is 12.1 Å². The van der Waals surface area contributed by atoms with Crippen molar-refractivity contribution in [2.75, 3.05) is 13.6 Å². The fraction of sp³-hybridized carbons (Fsp3) is 0.609. The molecule has 2 heterocycles. The molecule has 0 bridgehead atoms. The molecule has 0 spiro atoms. The number of nitrogens with zero attached hydrogens (tertiary/aromatic N) is 5. The van der Waals surface area contributed by atoms with Crippen molar-refractivity contribution in [3.8, 4) is 17.1 Å². The van der Waals surface area contributed by atoms with Crippen LogP contribution in [-0.2, 0) is 23.2 Å². The summed E-state index contributed by atoms with van der Waals surface area (Å²) in [5.41, 5.74) is 2.52. The summed E-state index contributed by atoms with van der Waals surface area (Å²) in [5.74, 6) is 0.410. The average molecular weight is 460 g/mol. The van der Waals surface area contributed by atoms with E-state index in [9.17, 15) is 9.59 Å². The highest BCUT2D eigenvalue weighted by atomic mass is 16.6. The Morgan fingerprint density at radius 1 is 1.30 bits per heavy atom. The van der Waals surface area contributed by atoms with Crippen molar-refractivity contribution in [1.29, 1.82) is 0 Å². The van der Waals surface area contributed by atoms with E-state index in [0.717, 1.165) is 19.3 Å². The second kappa shape index (κ2) is 10.6. The average Bonchev–Trinajstić information content (AvgIpc) is 3.32. The zero-order valence-electron chi connectivity index (χ0n) is 19.9. The summed E-state index contributed by atoms with van der Waals surface area (Å²) in [5, 5.41) is 17.3. The third kappa shape index (κ3) is 6.43. The van der Waals surface area contributed by atoms with Gasteiger partial charge in [-0.2, -0.15) is 0 Å². The van der Waals surface area contributed by atoms with Gasteiger partial charge in [-0.05, 0) is 50.2 Å². The van der Waals surface area contributed by atoms with Gasteiger partial charge in [-0.15, -0.1) is 5.10 Å². The molecule has 2 aromatic heterocycles. The molecule has 2 aromatic rings. The number of carboxylic acid groups (broad SMARTS) is 1. The molecule has 1 fully saturated rings. The minimum Gasteiger partial charge on any atom is -0.489 e. The molecule has 0 unspecified atom stereocenters. The van der Waals surface area contributed by atoms with Crippen molar-refractivity contribution >= 4 is 12.1 Å². The van der Waals surface area contributed by atoms with Crippen molar-refractivity contribution in [1.82, 2.24) is 24.9 Å². The fourth-order valence-corrected chi connectivity index (χ4v) is 4.15. The molecule has 0 saturated heterocycles. The lowest BCUT2D eigenvalue weighted by atomic mass is 10.0. The molecule has 2 atom stereocenters. The van der Waals surface area contributed by atoms with Crippen LogP contribution in [0, 0.1) is 18.8 Å². The molecule has 1 amide bonds. The summed E-state index contributed by atoms with van der Waals surface area (Å²) >= 11 is 0. The van der Waals surface area contributed by atoms with E-state index >= 15 is 0 Å². The second-order valence-electron chi connectivity index (χ2n) is 9.13. The number of aliphatic carboxylic acids is 1. The topological polar surface area (TPSA) is 120 Å². The van der Waals surface area contributed by atoms with Crippen molar-refractivity contribution in [3.63, 3.8) is 0 Å². The van der Waals surface area contributed by atoms with Crippen LogP contribution in [0.25, 0.3) is 11.4 Å². The first-order valence-electron chi connectivity index (χ1n) is 11.3. The van der Waals surface area contributed by atoms with Gasteiger partial charge in [-0.25, -0.2) is 14.5 Å². The van der Waals surface area contributed by atoms with Gasteiger partial charge in [0.15, 0.2) is 0 Å². The summed E-state index contributed by atoms with van der Waals surface area (Å²) in [7, 11) is 3.46. The maximum Gasteiger partial charge on any atom is 0.409 e. The number of rotatable bonds is 9. The van der Waals surface area contributed by atoms with E-state index in [-0.39, 0.29) is 25.0 Å². The number of carbonyl (C=O) groups is 2. The number of aromatic nitrogens is 4. The van der Waals surface area contributed by atoms with Crippen molar-refractivity contribution in [3.05, 3.63) is 23.5 Å². The lowest BCUT2D eigenvalue weighted by molar-refractivity contribution is -0.138. The number of ether oxygens (including phenoxy) is 2. The SMILES string of the molecule is Cc1nc(-c2nnn(C)c2COC(=O)N(C)CC(C)C)ccc1O[C@H]1CC[C@H](CC(=O)O)C1. The van der Waals surface area contributed by atoms with Crippen LogP contribution < -0.4 is 4.74 Å². The lowest BCUT2D eigenvalue weighted by Crippen LogP contribution is -2.30. The molecular weight excluding hydrogens is 426 g/mol. The van der Waals surface area contributed by atoms with Gasteiger partial charge in [-0.3, -0.25) is 4.79 Å². The quantitative estimate of drug-likeness (QED) is 0.606. The van der Waals surface area contributed by atoms with Gasteiger partial charge in [0, 0.05) is 27.1 Å². The highest BCUT2D eigenvalue weighted by Gasteiger charge is 2.28. The minimum atomic E-state index is -0.764. The summed E-state index contributed by atoms with van der Waals surface area (Å²) in [6, 6.07) is 3.66. The minimum absolute atomic E-state index is 0.00461. The Hall–Kier alpha value is -3.17. The Morgan fingerprint density at radius 2 is 2.06 bits per heavy atom. The smallest absolute Gasteiger partial charge is 0.409 e. The number of hydrogen-bond acceptors (Lipinski definition) is 7. The van der Waals surface area contributed by atoms with E-state index in [1.165, 1.54) is 0 Å². The van der Waals surface area contributed by atoms with Crippen LogP contribution in [0.3, 0.4) is 0 Å². The zero-order valence-corrected chi connectivity index (χ0v) is 19.9. The molecule has 10 nitrogen and oxygen atoms in total. The first-order chi connectivity index (χ1) is 15.6. The fourth-order valence-electron chi connectivity index (χ4n) is 4.15. The van der Waals surface area contributed by atoms with Gasteiger partial charge in [0.2, 0.25) is 0 Å². The first-order valence-corrected chi connectivity index (χ1v) is 11.3. The number of carbonyl (C=O) groups excluding carboxylic acids is 1. The molecule has 10 heteroatoms. The van der Waals surface area contributed by atoms with Crippen molar-refractivity contribution in [2.45, 2.75) is 59.2 Å². The predicted molar refractivity (Wildman–Crippen MR) is 121 cm³/mol. The lowest BCUT2D eigenvalue weighted by Gasteiger charge is -2.19.